The van der Waals surface area contributed by atoms with E-state index in [-0.39, 0.29) is 17.5 Å². The molecule has 0 saturated heterocycles. The van der Waals surface area contributed by atoms with Crippen LogP contribution in [0.4, 0.5) is 24.9 Å². The second-order valence-electron chi connectivity index (χ2n) is 7.17. The number of nitrogens with zero attached hydrogens (tertiary/aromatic N) is 5. The largest absolute Gasteiger partial charge is 0.468 e. The summed E-state index contributed by atoms with van der Waals surface area (Å²) in [7, 11) is 1.77. The van der Waals surface area contributed by atoms with Crippen molar-refractivity contribution in [2.75, 3.05) is 11.9 Å². The summed E-state index contributed by atoms with van der Waals surface area (Å²) in [6, 6.07) is 5.75. The van der Waals surface area contributed by atoms with Gasteiger partial charge >= 0.3 is 6.18 Å². The third-order valence-electron chi connectivity index (χ3n) is 4.32. The number of amides is 1. The van der Waals surface area contributed by atoms with Gasteiger partial charge < -0.3 is 15.4 Å². The lowest BCUT2D eigenvalue weighted by Crippen LogP contribution is -2.28. The standard InChI is InChI=1S/C20H22F3N7O2/c1-11-7-15(27-19(25-11)28-16-8-12(2)29-30(16)4)18(31)26-13(3)14-5-6-17(24-9-14)32-10-20(21,22)23/h5-9,13H,10H2,1-4H3,(H,26,31)(H,25,27,28). The quantitative estimate of drug-likeness (QED) is 0.569. The fourth-order valence-corrected chi connectivity index (χ4v) is 2.83. The van der Waals surface area contributed by atoms with Gasteiger partial charge in [0, 0.05) is 31.1 Å². The smallest absolute Gasteiger partial charge is 0.422 e. The van der Waals surface area contributed by atoms with Crippen LogP contribution in [0.5, 0.6) is 5.88 Å². The number of aryl methyl sites for hydroxylation is 3. The van der Waals surface area contributed by atoms with E-state index in [0.29, 0.717) is 17.1 Å². The van der Waals surface area contributed by atoms with E-state index >= 15 is 0 Å². The molecule has 3 aromatic rings. The van der Waals surface area contributed by atoms with Gasteiger partial charge in [0.05, 0.1) is 11.7 Å². The van der Waals surface area contributed by atoms with E-state index in [4.69, 9.17) is 0 Å². The van der Waals surface area contributed by atoms with Crippen LogP contribution in [-0.4, -0.2) is 43.4 Å². The Hall–Kier alpha value is -3.70. The van der Waals surface area contributed by atoms with E-state index < -0.39 is 24.7 Å². The van der Waals surface area contributed by atoms with Crippen molar-refractivity contribution >= 4 is 17.7 Å². The first-order valence-electron chi connectivity index (χ1n) is 9.60. The molecule has 0 saturated carbocycles. The van der Waals surface area contributed by atoms with Gasteiger partial charge in [0.1, 0.15) is 11.5 Å². The van der Waals surface area contributed by atoms with E-state index in [9.17, 15) is 18.0 Å². The predicted octanol–water partition coefficient (Wildman–Crippen LogP) is 3.40. The fourth-order valence-electron chi connectivity index (χ4n) is 2.83. The number of hydrogen-bond donors (Lipinski definition) is 2. The molecule has 3 aromatic heterocycles. The predicted molar refractivity (Wildman–Crippen MR) is 110 cm³/mol. The molecule has 0 bridgehead atoms. The normalized spacial score (nSPS) is 12.3. The minimum Gasteiger partial charge on any atom is -0.468 e. The zero-order chi connectivity index (χ0) is 23.5. The summed E-state index contributed by atoms with van der Waals surface area (Å²) in [6.07, 6.45) is -3.10. The second-order valence-corrected chi connectivity index (χ2v) is 7.17. The van der Waals surface area contributed by atoms with Gasteiger partial charge in [-0.05, 0) is 32.4 Å². The van der Waals surface area contributed by atoms with Crippen LogP contribution in [0.3, 0.4) is 0 Å². The topological polar surface area (TPSA) is 107 Å². The van der Waals surface area contributed by atoms with Gasteiger partial charge in [-0.1, -0.05) is 6.07 Å². The van der Waals surface area contributed by atoms with E-state index in [1.807, 2.05) is 13.0 Å². The van der Waals surface area contributed by atoms with Gasteiger partial charge in [-0.25, -0.2) is 15.0 Å². The van der Waals surface area contributed by atoms with Crippen molar-refractivity contribution in [3.8, 4) is 5.88 Å². The van der Waals surface area contributed by atoms with Crippen LogP contribution in [0.2, 0.25) is 0 Å². The van der Waals surface area contributed by atoms with E-state index in [0.717, 1.165) is 5.69 Å². The first kappa shape index (κ1) is 23.0. The molecule has 0 aromatic carbocycles. The first-order valence-corrected chi connectivity index (χ1v) is 9.60. The third kappa shape index (κ3) is 6.15. The van der Waals surface area contributed by atoms with Crippen molar-refractivity contribution in [3.05, 3.63) is 53.1 Å². The number of aromatic nitrogens is 5. The number of nitrogens with one attached hydrogen (secondary N) is 2. The number of hydrogen-bond acceptors (Lipinski definition) is 7. The molecule has 3 heterocycles. The summed E-state index contributed by atoms with van der Waals surface area (Å²) in [5.74, 6) is 0.326. The minimum absolute atomic E-state index is 0.155. The molecule has 9 nitrogen and oxygen atoms in total. The maximum Gasteiger partial charge on any atom is 0.422 e. The van der Waals surface area contributed by atoms with E-state index in [1.165, 1.54) is 18.3 Å². The highest BCUT2D eigenvalue weighted by atomic mass is 19.4. The molecule has 0 aliphatic rings. The Labute approximate surface area is 182 Å². The average molecular weight is 449 g/mol. The molecule has 1 atom stereocenters. The average Bonchev–Trinajstić information content (AvgIpc) is 3.02. The molecule has 1 amide bonds. The Kier molecular flexibility index (Phi) is 6.61. The zero-order valence-corrected chi connectivity index (χ0v) is 17.9. The van der Waals surface area contributed by atoms with Crippen molar-refractivity contribution in [2.24, 2.45) is 7.05 Å². The number of pyridine rings is 1. The second kappa shape index (κ2) is 9.20. The molecule has 3 rings (SSSR count). The molecule has 0 radical (unpaired) electrons. The van der Waals surface area contributed by atoms with Crippen LogP contribution in [0.15, 0.2) is 30.5 Å². The lowest BCUT2D eigenvalue weighted by Gasteiger charge is -2.15. The molecule has 12 heteroatoms. The first-order chi connectivity index (χ1) is 15.0. The Balaban J connectivity index is 1.67. The Bertz CT molecular complexity index is 1100. The van der Waals surface area contributed by atoms with Gasteiger partial charge in [-0.2, -0.15) is 18.3 Å². The van der Waals surface area contributed by atoms with Crippen LogP contribution in [0.25, 0.3) is 0 Å². The van der Waals surface area contributed by atoms with Crippen LogP contribution >= 0.6 is 0 Å². The maximum atomic E-state index is 12.7. The maximum absolute atomic E-state index is 12.7. The van der Waals surface area contributed by atoms with Crippen molar-refractivity contribution < 1.29 is 22.7 Å². The summed E-state index contributed by atoms with van der Waals surface area (Å²) in [4.78, 5) is 25.1. The molecule has 2 N–H and O–H groups in total. The highest BCUT2D eigenvalue weighted by Crippen LogP contribution is 2.19. The van der Waals surface area contributed by atoms with Crippen LogP contribution in [0, 0.1) is 13.8 Å². The van der Waals surface area contributed by atoms with Gasteiger partial charge in [0.15, 0.2) is 6.61 Å². The molecular weight excluding hydrogens is 427 g/mol. The van der Waals surface area contributed by atoms with E-state index in [2.05, 4.69) is 35.4 Å². The lowest BCUT2D eigenvalue weighted by atomic mass is 10.1. The molecule has 170 valence electrons. The molecule has 0 aliphatic heterocycles. The van der Waals surface area contributed by atoms with E-state index in [1.54, 1.807) is 31.6 Å². The molecule has 32 heavy (non-hydrogen) atoms. The zero-order valence-electron chi connectivity index (χ0n) is 17.9. The number of alkyl halides is 3. The third-order valence-corrected chi connectivity index (χ3v) is 4.32. The van der Waals surface area contributed by atoms with Gasteiger partial charge in [0.25, 0.3) is 5.91 Å². The van der Waals surface area contributed by atoms with Crippen LogP contribution in [-0.2, 0) is 7.05 Å². The summed E-state index contributed by atoms with van der Waals surface area (Å²) in [5, 5.41) is 10.1. The number of carbonyl (C=O) groups is 1. The summed E-state index contributed by atoms with van der Waals surface area (Å²) in [5.41, 5.74) is 2.15. The Morgan fingerprint density at radius 3 is 2.53 bits per heavy atom. The van der Waals surface area contributed by atoms with Crippen molar-refractivity contribution in [3.63, 3.8) is 0 Å². The van der Waals surface area contributed by atoms with Gasteiger partial charge in [-0.3, -0.25) is 9.48 Å². The van der Waals surface area contributed by atoms with Crippen molar-refractivity contribution in [1.82, 2.24) is 30.0 Å². The number of carbonyl (C=O) groups excluding carboxylic acids is 1. The molecule has 0 aliphatic carbocycles. The number of ether oxygens (including phenoxy) is 1. The van der Waals surface area contributed by atoms with Crippen molar-refractivity contribution in [2.45, 2.75) is 33.0 Å². The molecule has 0 fully saturated rings. The number of rotatable bonds is 7. The fraction of sp³-hybridized carbons (Fsp3) is 0.350. The molecule has 0 spiro atoms. The highest BCUT2D eigenvalue weighted by molar-refractivity contribution is 5.93. The Morgan fingerprint density at radius 1 is 1.19 bits per heavy atom. The lowest BCUT2D eigenvalue weighted by molar-refractivity contribution is -0.154. The Morgan fingerprint density at radius 2 is 1.94 bits per heavy atom. The van der Waals surface area contributed by atoms with Gasteiger partial charge in [0.2, 0.25) is 11.8 Å². The van der Waals surface area contributed by atoms with Gasteiger partial charge in [-0.15, -0.1) is 0 Å². The summed E-state index contributed by atoms with van der Waals surface area (Å²) < 4.78 is 42.9. The summed E-state index contributed by atoms with van der Waals surface area (Å²) >= 11 is 0. The van der Waals surface area contributed by atoms with Crippen LogP contribution < -0.4 is 15.4 Å². The monoisotopic (exact) mass is 449 g/mol. The highest BCUT2D eigenvalue weighted by Gasteiger charge is 2.28. The van der Waals surface area contributed by atoms with Crippen LogP contribution in [0.1, 0.15) is 40.4 Å². The van der Waals surface area contributed by atoms with Crippen molar-refractivity contribution in [1.29, 1.82) is 0 Å². The minimum atomic E-state index is -4.44. The molecular formula is C20H22F3N7O2. The SMILES string of the molecule is Cc1cc(C(=O)NC(C)c2ccc(OCC(F)(F)F)nc2)nc(Nc2cc(C)nn2C)n1. The molecule has 1 unspecified atom stereocenters. The number of halogens is 3. The number of anilines is 2. The summed E-state index contributed by atoms with van der Waals surface area (Å²) in [6.45, 7) is 3.89.